The zero-order valence-electron chi connectivity index (χ0n) is 11.6. The first-order chi connectivity index (χ1) is 10.0. The Morgan fingerprint density at radius 1 is 1.10 bits per heavy atom. The van der Waals surface area contributed by atoms with E-state index in [9.17, 15) is 4.79 Å². The second kappa shape index (κ2) is 7.46. The highest BCUT2D eigenvalue weighted by Crippen LogP contribution is 2.19. The monoisotopic (exact) mass is 322 g/mol. The van der Waals surface area contributed by atoms with Gasteiger partial charge in [0.1, 0.15) is 0 Å². The molecule has 0 saturated heterocycles. The first-order valence-corrected chi connectivity index (χ1v) is 7.31. The standard InChI is InChI=1S/C16H16Cl2N2O/c1-11-5-6-14(18)8-15(11)20-16(21)10-19-9-12-3-2-4-13(17)7-12/h2-8,19H,9-10H2,1H3,(H,20,21). The van der Waals surface area contributed by atoms with Crippen LogP contribution in [0.25, 0.3) is 0 Å². The van der Waals surface area contributed by atoms with Crippen LogP contribution < -0.4 is 10.6 Å². The molecule has 0 spiro atoms. The van der Waals surface area contributed by atoms with Crippen molar-refractivity contribution in [3.63, 3.8) is 0 Å². The molecule has 0 radical (unpaired) electrons. The molecule has 0 unspecified atom stereocenters. The van der Waals surface area contributed by atoms with Gasteiger partial charge in [0.2, 0.25) is 5.91 Å². The Hall–Kier alpha value is -1.55. The summed E-state index contributed by atoms with van der Waals surface area (Å²) in [6.45, 7) is 2.73. The second-order valence-corrected chi connectivity index (χ2v) is 5.61. The van der Waals surface area contributed by atoms with Crippen LogP contribution in [0.15, 0.2) is 42.5 Å². The van der Waals surface area contributed by atoms with Crippen molar-refractivity contribution in [2.75, 3.05) is 11.9 Å². The first-order valence-electron chi connectivity index (χ1n) is 6.56. The molecular formula is C16H16Cl2N2O. The van der Waals surface area contributed by atoms with E-state index in [2.05, 4.69) is 10.6 Å². The molecule has 21 heavy (non-hydrogen) atoms. The summed E-state index contributed by atoms with van der Waals surface area (Å²) in [5, 5.41) is 7.20. The number of aryl methyl sites for hydroxylation is 1. The van der Waals surface area contributed by atoms with Crippen LogP contribution in [-0.2, 0) is 11.3 Å². The molecule has 0 bridgehead atoms. The number of rotatable bonds is 5. The zero-order chi connectivity index (χ0) is 15.2. The van der Waals surface area contributed by atoms with E-state index in [1.165, 1.54) is 0 Å². The Morgan fingerprint density at radius 3 is 2.62 bits per heavy atom. The molecule has 0 aliphatic rings. The van der Waals surface area contributed by atoms with Crippen molar-refractivity contribution in [3.8, 4) is 0 Å². The van der Waals surface area contributed by atoms with Gasteiger partial charge in [-0.3, -0.25) is 4.79 Å². The summed E-state index contributed by atoms with van der Waals surface area (Å²) in [6, 6.07) is 12.9. The number of amides is 1. The van der Waals surface area contributed by atoms with Crippen molar-refractivity contribution < 1.29 is 4.79 Å². The number of nitrogens with one attached hydrogen (secondary N) is 2. The minimum Gasteiger partial charge on any atom is -0.325 e. The minimum absolute atomic E-state index is 0.109. The lowest BCUT2D eigenvalue weighted by atomic mass is 10.2. The van der Waals surface area contributed by atoms with Gasteiger partial charge in [-0.15, -0.1) is 0 Å². The van der Waals surface area contributed by atoms with E-state index in [0.29, 0.717) is 16.6 Å². The van der Waals surface area contributed by atoms with Crippen molar-refractivity contribution in [3.05, 3.63) is 63.6 Å². The smallest absolute Gasteiger partial charge is 0.238 e. The zero-order valence-corrected chi connectivity index (χ0v) is 13.1. The highest BCUT2D eigenvalue weighted by Gasteiger charge is 2.05. The molecule has 1 amide bonds. The molecular weight excluding hydrogens is 307 g/mol. The maximum Gasteiger partial charge on any atom is 0.238 e. The summed E-state index contributed by atoms with van der Waals surface area (Å²) in [5.74, 6) is -0.109. The fraction of sp³-hybridized carbons (Fsp3) is 0.188. The van der Waals surface area contributed by atoms with Crippen molar-refractivity contribution in [2.45, 2.75) is 13.5 Å². The molecule has 110 valence electrons. The van der Waals surface area contributed by atoms with Crippen LogP contribution in [-0.4, -0.2) is 12.5 Å². The summed E-state index contributed by atoms with van der Waals surface area (Å²) in [4.78, 5) is 11.9. The molecule has 3 nitrogen and oxygen atoms in total. The molecule has 0 aromatic heterocycles. The van der Waals surface area contributed by atoms with Gasteiger partial charge in [0.25, 0.3) is 0 Å². The highest BCUT2D eigenvalue weighted by molar-refractivity contribution is 6.31. The number of anilines is 1. The van der Waals surface area contributed by atoms with E-state index in [1.807, 2.05) is 37.3 Å². The quantitative estimate of drug-likeness (QED) is 0.872. The number of hydrogen-bond donors (Lipinski definition) is 2. The van der Waals surface area contributed by atoms with Crippen LogP contribution in [0.4, 0.5) is 5.69 Å². The molecule has 0 atom stereocenters. The van der Waals surface area contributed by atoms with Gasteiger partial charge in [-0.2, -0.15) is 0 Å². The van der Waals surface area contributed by atoms with E-state index in [1.54, 1.807) is 12.1 Å². The molecule has 5 heteroatoms. The number of halogens is 2. The van der Waals surface area contributed by atoms with Gasteiger partial charge in [-0.25, -0.2) is 0 Å². The van der Waals surface area contributed by atoms with E-state index in [-0.39, 0.29) is 12.5 Å². The average molecular weight is 323 g/mol. The van der Waals surface area contributed by atoms with Crippen molar-refractivity contribution in [1.29, 1.82) is 0 Å². The van der Waals surface area contributed by atoms with E-state index < -0.39 is 0 Å². The van der Waals surface area contributed by atoms with Crippen molar-refractivity contribution in [1.82, 2.24) is 5.32 Å². The lowest BCUT2D eigenvalue weighted by Crippen LogP contribution is -2.27. The van der Waals surface area contributed by atoms with E-state index in [4.69, 9.17) is 23.2 Å². The van der Waals surface area contributed by atoms with Crippen LogP contribution in [0.5, 0.6) is 0 Å². The Bertz CT molecular complexity index is 644. The topological polar surface area (TPSA) is 41.1 Å². The molecule has 2 rings (SSSR count). The lowest BCUT2D eigenvalue weighted by molar-refractivity contribution is -0.115. The second-order valence-electron chi connectivity index (χ2n) is 4.74. The molecule has 2 aromatic rings. The maximum absolute atomic E-state index is 11.9. The third-order valence-corrected chi connectivity index (χ3v) is 3.45. The maximum atomic E-state index is 11.9. The van der Waals surface area contributed by atoms with Crippen molar-refractivity contribution >= 4 is 34.8 Å². The van der Waals surface area contributed by atoms with Crippen LogP contribution in [0, 0.1) is 6.92 Å². The van der Waals surface area contributed by atoms with Gasteiger partial charge >= 0.3 is 0 Å². The normalized spacial score (nSPS) is 10.4. The van der Waals surface area contributed by atoms with Gasteiger partial charge < -0.3 is 10.6 Å². The molecule has 0 aliphatic carbocycles. The van der Waals surface area contributed by atoms with Gasteiger partial charge in [0.15, 0.2) is 0 Å². The van der Waals surface area contributed by atoms with E-state index >= 15 is 0 Å². The Morgan fingerprint density at radius 2 is 1.86 bits per heavy atom. The number of hydrogen-bond acceptors (Lipinski definition) is 2. The number of carbonyl (C=O) groups is 1. The average Bonchev–Trinajstić information content (AvgIpc) is 2.43. The van der Waals surface area contributed by atoms with Crippen LogP contribution in [0.1, 0.15) is 11.1 Å². The SMILES string of the molecule is Cc1ccc(Cl)cc1NC(=O)CNCc1cccc(Cl)c1. The minimum atomic E-state index is -0.109. The molecule has 2 aromatic carbocycles. The Kier molecular flexibility index (Phi) is 5.62. The summed E-state index contributed by atoms with van der Waals surface area (Å²) < 4.78 is 0. The highest BCUT2D eigenvalue weighted by atomic mass is 35.5. The molecule has 0 fully saturated rings. The predicted molar refractivity (Wildman–Crippen MR) is 88.0 cm³/mol. The van der Waals surface area contributed by atoms with Crippen LogP contribution >= 0.6 is 23.2 Å². The van der Waals surface area contributed by atoms with Gasteiger partial charge in [0.05, 0.1) is 6.54 Å². The summed E-state index contributed by atoms with van der Waals surface area (Å²) in [5.41, 5.74) is 2.74. The summed E-state index contributed by atoms with van der Waals surface area (Å²) >= 11 is 11.8. The van der Waals surface area contributed by atoms with Gasteiger partial charge in [0, 0.05) is 22.3 Å². The van der Waals surface area contributed by atoms with E-state index in [0.717, 1.165) is 16.8 Å². The molecule has 0 heterocycles. The molecule has 0 aliphatic heterocycles. The number of carbonyl (C=O) groups excluding carboxylic acids is 1. The van der Waals surface area contributed by atoms with Crippen LogP contribution in [0.3, 0.4) is 0 Å². The fourth-order valence-electron chi connectivity index (χ4n) is 1.89. The predicted octanol–water partition coefficient (Wildman–Crippen LogP) is 4.03. The van der Waals surface area contributed by atoms with Gasteiger partial charge in [-0.05, 0) is 42.3 Å². The summed E-state index contributed by atoms with van der Waals surface area (Å²) in [6.07, 6.45) is 0. The molecule has 0 saturated carbocycles. The fourth-order valence-corrected chi connectivity index (χ4v) is 2.28. The summed E-state index contributed by atoms with van der Waals surface area (Å²) in [7, 11) is 0. The first kappa shape index (κ1) is 15.8. The Labute approximate surface area is 134 Å². The number of benzene rings is 2. The van der Waals surface area contributed by atoms with Gasteiger partial charge in [-0.1, -0.05) is 41.4 Å². The third kappa shape index (κ3) is 5.05. The van der Waals surface area contributed by atoms with Crippen molar-refractivity contribution in [2.24, 2.45) is 0 Å². The third-order valence-electron chi connectivity index (χ3n) is 2.98. The molecule has 2 N–H and O–H groups in total. The lowest BCUT2D eigenvalue weighted by Gasteiger charge is -2.09. The largest absolute Gasteiger partial charge is 0.325 e. The van der Waals surface area contributed by atoms with Crippen LogP contribution in [0.2, 0.25) is 10.0 Å². The Balaban J connectivity index is 1.84.